The standard InChI is InChI=1S/C20H27N5O4/c26-18(14-25-20(28)24-9-3-1-2-6-17(24)22-25)23-10-7-15(8-11-23)19(27)21-13-16-5-4-12-29-16/h4-5,12,15H,1-3,6-11,13-14H2,(H,21,27). The third-order valence-electron chi connectivity index (χ3n) is 5.80. The van der Waals surface area contributed by atoms with E-state index in [1.54, 1.807) is 21.8 Å². The smallest absolute Gasteiger partial charge is 0.346 e. The fourth-order valence-corrected chi connectivity index (χ4v) is 4.08. The number of aryl methyl sites for hydroxylation is 1. The van der Waals surface area contributed by atoms with E-state index in [0.29, 0.717) is 39.0 Å². The van der Waals surface area contributed by atoms with Crippen molar-refractivity contribution < 1.29 is 14.0 Å². The Labute approximate surface area is 168 Å². The molecule has 1 saturated heterocycles. The number of nitrogens with one attached hydrogen (secondary N) is 1. The lowest BCUT2D eigenvalue weighted by Gasteiger charge is -2.31. The van der Waals surface area contributed by atoms with E-state index < -0.39 is 0 Å². The monoisotopic (exact) mass is 401 g/mol. The van der Waals surface area contributed by atoms with Gasteiger partial charge in [0.15, 0.2) is 0 Å². The Morgan fingerprint density at radius 1 is 1.17 bits per heavy atom. The van der Waals surface area contributed by atoms with Crippen LogP contribution in [0.3, 0.4) is 0 Å². The van der Waals surface area contributed by atoms with Gasteiger partial charge in [0.1, 0.15) is 18.1 Å². The molecular formula is C20H27N5O4. The van der Waals surface area contributed by atoms with Gasteiger partial charge in [-0.05, 0) is 37.8 Å². The Bertz CT molecular complexity index is 906. The Hall–Kier alpha value is -2.84. The molecule has 0 atom stereocenters. The van der Waals surface area contributed by atoms with Crippen molar-refractivity contribution in [1.82, 2.24) is 24.6 Å². The summed E-state index contributed by atoms with van der Waals surface area (Å²) < 4.78 is 8.22. The fraction of sp³-hybridized carbons (Fsp3) is 0.600. The number of carbonyl (C=O) groups is 2. The van der Waals surface area contributed by atoms with Crippen LogP contribution in [0.2, 0.25) is 0 Å². The van der Waals surface area contributed by atoms with E-state index in [1.165, 1.54) is 4.68 Å². The molecule has 0 unspecified atom stereocenters. The molecular weight excluding hydrogens is 374 g/mol. The molecule has 0 aromatic carbocycles. The van der Waals surface area contributed by atoms with Crippen LogP contribution in [-0.2, 0) is 35.6 Å². The number of hydrogen-bond donors (Lipinski definition) is 1. The topological polar surface area (TPSA) is 102 Å². The van der Waals surface area contributed by atoms with Gasteiger partial charge in [-0.3, -0.25) is 14.2 Å². The maximum absolute atomic E-state index is 12.7. The maximum atomic E-state index is 12.7. The zero-order valence-electron chi connectivity index (χ0n) is 16.5. The Balaban J connectivity index is 1.28. The molecule has 2 amide bonds. The van der Waals surface area contributed by atoms with E-state index in [1.807, 2.05) is 6.07 Å². The predicted octanol–water partition coefficient (Wildman–Crippen LogP) is 0.919. The summed E-state index contributed by atoms with van der Waals surface area (Å²) in [4.78, 5) is 39.3. The van der Waals surface area contributed by atoms with E-state index >= 15 is 0 Å². The SMILES string of the molecule is O=C(NCc1ccco1)C1CCN(C(=O)Cn2nc3n(c2=O)CCCCC3)CC1. The number of fused-ring (bicyclic) bond motifs is 1. The second kappa shape index (κ2) is 8.67. The summed E-state index contributed by atoms with van der Waals surface area (Å²) in [6, 6.07) is 3.61. The van der Waals surface area contributed by atoms with Crippen LogP contribution in [0.25, 0.3) is 0 Å². The number of rotatable bonds is 5. The summed E-state index contributed by atoms with van der Waals surface area (Å²) >= 11 is 0. The van der Waals surface area contributed by atoms with Crippen molar-refractivity contribution in [1.29, 1.82) is 0 Å². The molecule has 2 aliphatic rings. The van der Waals surface area contributed by atoms with Crippen molar-refractivity contribution in [3.63, 3.8) is 0 Å². The van der Waals surface area contributed by atoms with Crippen molar-refractivity contribution in [3.05, 3.63) is 40.5 Å². The van der Waals surface area contributed by atoms with E-state index in [0.717, 1.165) is 37.3 Å². The van der Waals surface area contributed by atoms with Gasteiger partial charge >= 0.3 is 5.69 Å². The molecule has 9 nitrogen and oxygen atoms in total. The summed E-state index contributed by atoms with van der Waals surface area (Å²) in [6.07, 6.45) is 6.70. The average Bonchev–Trinajstić information content (AvgIpc) is 3.28. The highest BCUT2D eigenvalue weighted by Gasteiger charge is 2.28. The molecule has 4 rings (SSSR count). The molecule has 0 bridgehead atoms. The van der Waals surface area contributed by atoms with Crippen LogP contribution in [0.1, 0.15) is 43.7 Å². The van der Waals surface area contributed by atoms with Gasteiger partial charge in [0.2, 0.25) is 11.8 Å². The summed E-state index contributed by atoms with van der Waals surface area (Å²) in [5.74, 6) is 1.26. The molecule has 2 aromatic heterocycles. The molecule has 1 fully saturated rings. The lowest BCUT2D eigenvalue weighted by Crippen LogP contribution is -2.44. The van der Waals surface area contributed by atoms with Crippen LogP contribution in [0.5, 0.6) is 0 Å². The van der Waals surface area contributed by atoms with Gasteiger partial charge in [-0.2, -0.15) is 5.10 Å². The van der Waals surface area contributed by atoms with Gasteiger partial charge in [-0.1, -0.05) is 6.42 Å². The highest BCUT2D eigenvalue weighted by atomic mass is 16.3. The summed E-state index contributed by atoms with van der Waals surface area (Å²) in [6.45, 7) is 2.05. The molecule has 2 aromatic rings. The van der Waals surface area contributed by atoms with Gasteiger partial charge in [0, 0.05) is 32.0 Å². The lowest BCUT2D eigenvalue weighted by molar-refractivity contribution is -0.136. The first-order valence-corrected chi connectivity index (χ1v) is 10.4. The summed E-state index contributed by atoms with van der Waals surface area (Å²) in [7, 11) is 0. The molecule has 9 heteroatoms. The molecule has 0 radical (unpaired) electrons. The van der Waals surface area contributed by atoms with E-state index in [2.05, 4.69) is 10.4 Å². The number of furan rings is 1. The highest BCUT2D eigenvalue weighted by molar-refractivity contribution is 5.80. The number of likely N-dealkylation sites (tertiary alicyclic amines) is 1. The second-order valence-electron chi connectivity index (χ2n) is 7.77. The molecule has 0 saturated carbocycles. The van der Waals surface area contributed by atoms with Crippen molar-refractivity contribution >= 4 is 11.8 Å². The zero-order valence-corrected chi connectivity index (χ0v) is 16.5. The number of nitrogens with zero attached hydrogens (tertiary/aromatic N) is 4. The molecule has 0 aliphatic carbocycles. The first kappa shape index (κ1) is 19.5. The minimum atomic E-state index is -0.192. The fourth-order valence-electron chi connectivity index (χ4n) is 4.08. The quantitative estimate of drug-likeness (QED) is 0.803. The number of piperidine rings is 1. The first-order valence-electron chi connectivity index (χ1n) is 10.4. The first-order chi connectivity index (χ1) is 14.1. The Morgan fingerprint density at radius 2 is 2.00 bits per heavy atom. The summed E-state index contributed by atoms with van der Waals surface area (Å²) in [5.41, 5.74) is -0.192. The van der Waals surface area contributed by atoms with E-state index in [9.17, 15) is 14.4 Å². The van der Waals surface area contributed by atoms with Gasteiger partial charge in [0.25, 0.3) is 0 Å². The number of carbonyl (C=O) groups excluding carboxylic acids is 2. The highest BCUT2D eigenvalue weighted by Crippen LogP contribution is 2.18. The van der Waals surface area contributed by atoms with Gasteiger partial charge in [-0.15, -0.1) is 0 Å². The van der Waals surface area contributed by atoms with Crippen molar-refractivity contribution in [3.8, 4) is 0 Å². The molecule has 1 N–H and O–H groups in total. The summed E-state index contributed by atoms with van der Waals surface area (Å²) in [5, 5.41) is 7.27. The number of amides is 2. The van der Waals surface area contributed by atoms with Crippen LogP contribution in [-0.4, -0.2) is 44.2 Å². The molecule has 4 heterocycles. The average molecular weight is 401 g/mol. The van der Waals surface area contributed by atoms with E-state index in [4.69, 9.17) is 4.42 Å². The minimum absolute atomic E-state index is 0.0115. The van der Waals surface area contributed by atoms with Crippen LogP contribution in [0.15, 0.2) is 27.6 Å². The third kappa shape index (κ3) is 4.44. The van der Waals surface area contributed by atoms with Gasteiger partial charge in [-0.25, -0.2) is 9.48 Å². The van der Waals surface area contributed by atoms with Crippen LogP contribution in [0, 0.1) is 5.92 Å². The molecule has 2 aliphatic heterocycles. The number of hydrogen-bond acceptors (Lipinski definition) is 5. The normalized spacial score (nSPS) is 17.6. The Kier molecular flexibility index (Phi) is 5.82. The third-order valence-corrected chi connectivity index (χ3v) is 5.80. The van der Waals surface area contributed by atoms with Crippen molar-refractivity contribution in [2.24, 2.45) is 5.92 Å². The van der Waals surface area contributed by atoms with Crippen LogP contribution >= 0.6 is 0 Å². The predicted molar refractivity (Wildman–Crippen MR) is 104 cm³/mol. The molecule has 29 heavy (non-hydrogen) atoms. The van der Waals surface area contributed by atoms with Gasteiger partial charge in [0.05, 0.1) is 12.8 Å². The maximum Gasteiger partial charge on any atom is 0.346 e. The molecule has 0 spiro atoms. The van der Waals surface area contributed by atoms with Crippen molar-refractivity contribution in [2.75, 3.05) is 13.1 Å². The number of aromatic nitrogens is 3. The van der Waals surface area contributed by atoms with Crippen LogP contribution in [0.4, 0.5) is 0 Å². The Morgan fingerprint density at radius 3 is 2.76 bits per heavy atom. The zero-order chi connectivity index (χ0) is 20.2. The largest absolute Gasteiger partial charge is 0.467 e. The molecule has 156 valence electrons. The second-order valence-corrected chi connectivity index (χ2v) is 7.77. The van der Waals surface area contributed by atoms with Crippen molar-refractivity contribution in [2.45, 2.75) is 58.2 Å². The van der Waals surface area contributed by atoms with Crippen LogP contribution < -0.4 is 11.0 Å². The lowest BCUT2D eigenvalue weighted by atomic mass is 9.96. The van der Waals surface area contributed by atoms with Gasteiger partial charge < -0.3 is 14.6 Å². The minimum Gasteiger partial charge on any atom is -0.467 e. The van der Waals surface area contributed by atoms with E-state index in [-0.39, 0.29) is 30.0 Å².